The predicted molar refractivity (Wildman–Crippen MR) is 121 cm³/mol. The molecule has 0 aromatic heterocycles. The van der Waals surface area contributed by atoms with E-state index in [2.05, 4.69) is 10.6 Å². The molecule has 0 atom stereocenters. The van der Waals surface area contributed by atoms with Crippen LogP contribution in [0, 0.1) is 0 Å². The molecule has 0 unspecified atom stereocenters. The van der Waals surface area contributed by atoms with Crippen molar-refractivity contribution in [3.63, 3.8) is 0 Å². The zero-order valence-corrected chi connectivity index (χ0v) is 17.8. The van der Waals surface area contributed by atoms with Crippen LogP contribution in [0.25, 0.3) is 6.08 Å². The van der Waals surface area contributed by atoms with Gasteiger partial charge in [0.2, 0.25) is 0 Å². The third-order valence-corrected chi connectivity index (χ3v) is 4.63. The summed E-state index contributed by atoms with van der Waals surface area (Å²) in [5.41, 5.74) is 2.34. The second kappa shape index (κ2) is 11.9. The summed E-state index contributed by atoms with van der Waals surface area (Å²) in [5, 5.41) is 16.1. The number of hydrogen-bond donors (Lipinski definition) is 2. The molecule has 3 aromatic rings. The highest BCUT2D eigenvalue weighted by atomic mass is 16.5. The van der Waals surface area contributed by atoms with E-state index in [1.807, 2.05) is 60.7 Å². The molecule has 0 bridgehead atoms. The summed E-state index contributed by atoms with van der Waals surface area (Å²) in [7, 11) is 0. The molecule has 0 aliphatic carbocycles. The van der Waals surface area contributed by atoms with Gasteiger partial charge in [0, 0.05) is 13.1 Å². The van der Waals surface area contributed by atoms with Crippen LogP contribution < -0.4 is 20.5 Å². The van der Waals surface area contributed by atoms with Gasteiger partial charge in [-0.2, -0.15) is 0 Å². The van der Waals surface area contributed by atoms with Crippen LogP contribution in [0.2, 0.25) is 0 Å². The monoisotopic (exact) mass is 443 g/mol. The first kappa shape index (κ1) is 23.3. The van der Waals surface area contributed by atoms with Crippen LogP contribution in [0.15, 0.2) is 90.5 Å². The number of carboxylic acids is 1. The summed E-state index contributed by atoms with van der Waals surface area (Å²) in [5.74, 6) is -2.02. The molecule has 2 amide bonds. The van der Waals surface area contributed by atoms with Crippen LogP contribution in [0.1, 0.15) is 16.7 Å². The number of carbonyl (C=O) groups excluding carboxylic acids is 3. The average molecular weight is 443 g/mol. The van der Waals surface area contributed by atoms with Gasteiger partial charge < -0.3 is 25.3 Å². The van der Waals surface area contributed by atoms with Gasteiger partial charge in [-0.15, -0.1) is 0 Å². The van der Waals surface area contributed by atoms with Crippen molar-refractivity contribution in [2.24, 2.45) is 0 Å². The van der Waals surface area contributed by atoms with Gasteiger partial charge in [0.05, 0.1) is 5.97 Å². The van der Waals surface area contributed by atoms with Crippen LogP contribution in [-0.2, 0) is 27.5 Å². The lowest BCUT2D eigenvalue weighted by Gasteiger charge is -2.11. The molecular weight excluding hydrogens is 420 g/mol. The molecule has 33 heavy (non-hydrogen) atoms. The van der Waals surface area contributed by atoms with E-state index in [1.54, 1.807) is 24.3 Å². The molecule has 0 fully saturated rings. The minimum absolute atomic E-state index is 0.0507. The molecule has 3 aromatic carbocycles. The van der Waals surface area contributed by atoms with E-state index in [0.29, 0.717) is 11.3 Å². The predicted octanol–water partition coefficient (Wildman–Crippen LogP) is 1.83. The summed E-state index contributed by atoms with van der Waals surface area (Å²) in [6, 6.07) is 25.1. The van der Waals surface area contributed by atoms with Gasteiger partial charge in [-0.1, -0.05) is 72.8 Å². The van der Waals surface area contributed by atoms with E-state index >= 15 is 0 Å². The molecule has 0 saturated heterocycles. The van der Waals surface area contributed by atoms with Crippen molar-refractivity contribution in [1.82, 2.24) is 10.6 Å². The van der Waals surface area contributed by atoms with Crippen molar-refractivity contribution < 1.29 is 24.2 Å². The SMILES string of the molecule is O=C([O-])COc1ccc(C=C(C(=O)NCc2ccccc2)C(=O)NCc2ccccc2)cc1. The third kappa shape index (κ3) is 7.66. The highest BCUT2D eigenvalue weighted by molar-refractivity contribution is 6.21. The molecular formula is C26H23N2O5-. The van der Waals surface area contributed by atoms with Crippen molar-refractivity contribution in [2.75, 3.05) is 6.61 Å². The smallest absolute Gasteiger partial charge is 0.257 e. The van der Waals surface area contributed by atoms with Gasteiger partial charge in [0.25, 0.3) is 11.8 Å². The maximum Gasteiger partial charge on any atom is 0.257 e. The normalized spacial score (nSPS) is 10.1. The Bertz CT molecular complexity index is 1050. The summed E-state index contributed by atoms with van der Waals surface area (Å²) in [6.07, 6.45) is 1.48. The summed E-state index contributed by atoms with van der Waals surface area (Å²) < 4.78 is 5.06. The number of rotatable bonds is 10. The molecule has 0 aliphatic rings. The molecule has 0 heterocycles. The van der Waals surface area contributed by atoms with Crippen LogP contribution in [0.3, 0.4) is 0 Å². The Morgan fingerprint density at radius 1 is 0.727 bits per heavy atom. The Morgan fingerprint density at radius 3 is 1.67 bits per heavy atom. The Morgan fingerprint density at radius 2 is 1.21 bits per heavy atom. The highest BCUT2D eigenvalue weighted by Gasteiger charge is 2.18. The first-order valence-corrected chi connectivity index (χ1v) is 10.3. The Balaban J connectivity index is 1.75. The number of ether oxygens (including phenoxy) is 1. The fourth-order valence-corrected chi connectivity index (χ4v) is 2.95. The Kier molecular flexibility index (Phi) is 8.36. The molecule has 7 heteroatoms. The molecule has 168 valence electrons. The number of hydrogen-bond acceptors (Lipinski definition) is 5. The van der Waals surface area contributed by atoms with E-state index in [1.165, 1.54) is 6.08 Å². The van der Waals surface area contributed by atoms with Gasteiger partial charge in [-0.3, -0.25) is 9.59 Å². The first-order valence-electron chi connectivity index (χ1n) is 10.3. The van der Waals surface area contributed by atoms with Gasteiger partial charge in [-0.25, -0.2) is 0 Å². The minimum atomic E-state index is -1.33. The molecule has 0 radical (unpaired) electrons. The fourth-order valence-electron chi connectivity index (χ4n) is 2.95. The number of amides is 2. The number of carboxylic acid groups (broad SMARTS) is 1. The molecule has 7 nitrogen and oxygen atoms in total. The van der Waals surface area contributed by atoms with Crippen LogP contribution in [-0.4, -0.2) is 24.4 Å². The quantitative estimate of drug-likeness (QED) is 0.282. The fraction of sp³-hybridized carbons (Fsp3) is 0.115. The highest BCUT2D eigenvalue weighted by Crippen LogP contribution is 2.15. The third-order valence-electron chi connectivity index (χ3n) is 4.63. The first-order chi connectivity index (χ1) is 16.0. The maximum atomic E-state index is 12.9. The van der Waals surface area contributed by atoms with Gasteiger partial charge in [-0.05, 0) is 34.9 Å². The topological polar surface area (TPSA) is 108 Å². The van der Waals surface area contributed by atoms with E-state index in [-0.39, 0.29) is 18.7 Å². The van der Waals surface area contributed by atoms with Crippen LogP contribution >= 0.6 is 0 Å². The largest absolute Gasteiger partial charge is 0.546 e. The van der Waals surface area contributed by atoms with Gasteiger partial charge >= 0.3 is 0 Å². The number of nitrogens with one attached hydrogen (secondary N) is 2. The molecule has 0 spiro atoms. The summed E-state index contributed by atoms with van der Waals surface area (Å²) >= 11 is 0. The van der Waals surface area contributed by atoms with E-state index in [0.717, 1.165) is 11.1 Å². The molecule has 0 saturated carbocycles. The lowest BCUT2D eigenvalue weighted by Crippen LogP contribution is -2.34. The second-order valence-corrected chi connectivity index (χ2v) is 7.12. The zero-order chi connectivity index (χ0) is 23.5. The van der Waals surface area contributed by atoms with E-state index in [9.17, 15) is 19.5 Å². The minimum Gasteiger partial charge on any atom is -0.546 e. The van der Waals surface area contributed by atoms with Crippen molar-refractivity contribution in [2.45, 2.75) is 13.1 Å². The second-order valence-electron chi connectivity index (χ2n) is 7.12. The van der Waals surface area contributed by atoms with Crippen LogP contribution in [0.4, 0.5) is 0 Å². The van der Waals surface area contributed by atoms with E-state index in [4.69, 9.17) is 4.74 Å². The Hall–Kier alpha value is -4.39. The summed E-state index contributed by atoms with van der Waals surface area (Å²) in [4.78, 5) is 36.3. The standard InChI is InChI=1S/C26H24N2O5/c29-24(30)18-33-22-13-11-19(12-14-22)15-23(25(31)27-16-20-7-3-1-4-8-20)26(32)28-17-21-9-5-2-6-10-21/h1-15H,16-18H2,(H,27,31)(H,28,32)(H,29,30)/p-1. The average Bonchev–Trinajstić information content (AvgIpc) is 2.85. The molecule has 0 aliphatic heterocycles. The zero-order valence-electron chi connectivity index (χ0n) is 17.8. The van der Waals surface area contributed by atoms with Crippen LogP contribution in [0.5, 0.6) is 5.75 Å². The molecule has 2 N–H and O–H groups in total. The Labute approximate surface area is 191 Å². The molecule has 3 rings (SSSR count). The summed E-state index contributed by atoms with van der Waals surface area (Å²) in [6.45, 7) is -0.0117. The number of aliphatic carboxylic acids is 1. The van der Waals surface area contributed by atoms with Gasteiger partial charge in [0.15, 0.2) is 0 Å². The van der Waals surface area contributed by atoms with Crippen molar-refractivity contribution in [3.05, 3.63) is 107 Å². The van der Waals surface area contributed by atoms with Gasteiger partial charge in [0.1, 0.15) is 17.9 Å². The maximum absolute atomic E-state index is 12.9. The van der Waals surface area contributed by atoms with Crippen molar-refractivity contribution in [1.29, 1.82) is 0 Å². The van der Waals surface area contributed by atoms with E-state index < -0.39 is 24.4 Å². The van der Waals surface area contributed by atoms with Crippen molar-refractivity contribution >= 4 is 23.9 Å². The lowest BCUT2D eigenvalue weighted by atomic mass is 10.1. The number of carbonyl (C=O) groups is 3. The van der Waals surface area contributed by atoms with Crippen molar-refractivity contribution in [3.8, 4) is 5.75 Å². The lowest BCUT2D eigenvalue weighted by molar-refractivity contribution is -0.307. The number of benzene rings is 3.